The highest BCUT2D eigenvalue weighted by Gasteiger charge is 2.19. The van der Waals surface area contributed by atoms with Crippen LogP contribution in [0, 0.1) is 0 Å². The second-order valence-corrected chi connectivity index (χ2v) is 9.39. The molecule has 0 aromatic heterocycles. The van der Waals surface area contributed by atoms with E-state index in [9.17, 15) is 15.0 Å². The van der Waals surface area contributed by atoms with Gasteiger partial charge >= 0.3 is 0 Å². The van der Waals surface area contributed by atoms with Crippen LogP contribution >= 0.6 is 0 Å². The van der Waals surface area contributed by atoms with Crippen LogP contribution in [-0.2, 0) is 31.8 Å². The van der Waals surface area contributed by atoms with Gasteiger partial charge in [-0.25, -0.2) is 0 Å². The number of fused-ring (bicyclic) bond motifs is 6. The number of ether oxygens (including phenoxy) is 5. The Balaban J connectivity index is 1.53. The maximum absolute atomic E-state index is 13.0. The average Bonchev–Trinajstić information content (AvgIpc) is 2.95. The van der Waals surface area contributed by atoms with Crippen molar-refractivity contribution in [1.82, 2.24) is 5.32 Å². The van der Waals surface area contributed by atoms with Gasteiger partial charge in [0.15, 0.2) is 11.5 Å². The molecule has 3 aromatic rings. The second kappa shape index (κ2) is 15.2. The van der Waals surface area contributed by atoms with Gasteiger partial charge in [0.2, 0.25) is 0 Å². The lowest BCUT2D eigenvalue weighted by molar-refractivity contribution is -0.00428. The van der Waals surface area contributed by atoms with Crippen molar-refractivity contribution in [1.29, 1.82) is 0 Å². The summed E-state index contributed by atoms with van der Waals surface area (Å²) >= 11 is 0. The molecule has 0 saturated carbocycles. The van der Waals surface area contributed by atoms with Crippen molar-refractivity contribution in [3.05, 3.63) is 77.4 Å². The number of benzene rings is 3. The van der Waals surface area contributed by atoms with Gasteiger partial charge < -0.3 is 39.2 Å². The van der Waals surface area contributed by atoms with Gasteiger partial charge in [-0.15, -0.1) is 0 Å². The predicted molar refractivity (Wildman–Crippen MR) is 151 cm³/mol. The molecule has 1 amide bonds. The highest BCUT2D eigenvalue weighted by Crippen LogP contribution is 2.35. The number of hydrogen-bond acceptors (Lipinski definition) is 8. The number of carbonyl (C=O) groups excluding carboxylic acids is 1. The van der Waals surface area contributed by atoms with Crippen LogP contribution in [0.4, 0.5) is 0 Å². The topological polar surface area (TPSA) is 116 Å². The largest absolute Gasteiger partial charge is 0.507 e. The van der Waals surface area contributed by atoms with E-state index in [4.69, 9.17) is 23.7 Å². The Morgan fingerprint density at radius 2 is 1.38 bits per heavy atom. The van der Waals surface area contributed by atoms with E-state index in [1.54, 1.807) is 12.1 Å². The van der Waals surface area contributed by atoms with E-state index in [0.29, 0.717) is 82.6 Å². The zero-order valence-electron chi connectivity index (χ0n) is 22.7. The van der Waals surface area contributed by atoms with E-state index < -0.39 is 0 Å². The summed E-state index contributed by atoms with van der Waals surface area (Å²) in [6.45, 7) is 7.99. The quantitative estimate of drug-likeness (QED) is 0.362. The van der Waals surface area contributed by atoms with Gasteiger partial charge in [-0.3, -0.25) is 4.79 Å². The van der Waals surface area contributed by atoms with Crippen molar-refractivity contribution in [3.63, 3.8) is 0 Å². The summed E-state index contributed by atoms with van der Waals surface area (Å²) in [5, 5.41) is 26.5. The molecule has 9 heteroatoms. The maximum atomic E-state index is 13.0. The summed E-state index contributed by atoms with van der Waals surface area (Å²) in [7, 11) is 0. The van der Waals surface area contributed by atoms with Crippen LogP contribution in [0.5, 0.6) is 17.2 Å². The number of amides is 1. The fraction of sp³-hybridized carbons (Fsp3) is 0.387. The highest BCUT2D eigenvalue weighted by molar-refractivity contribution is 6.03. The van der Waals surface area contributed by atoms with Crippen molar-refractivity contribution < 1.29 is 38.7 Å². The molecule has 0 unspecified atom stereocenters. The van der Waals surface area contributed by atoms with Crippen LogP contribution < -0.4 is 10.1 Å². The van der Waals surface area contributed by atoms with E-state index in [-0.39, 0.29) is 36.1 Å². The SMILES string of the molecule is C=C1Cc2cccc(c2O)OCCOCCOCCOCCOCCNC(=O)c2cc3ccccc3c(c2O)C1. The van der Waals surface area contributed by atoms with Crippen molar-refractivity contribution in [3.8, 4) is 17.2 Å². The van der Waals surface area contributed by atoms with Gasteiger partial charge in [-0.2, -0.15) is 0 Å². The number of allylic oxidation sites excluding steroid dienone is 1. The Morgan fingerprint density at radius 3 is 2.10 bits per heavy atom. The summed E-state index contributed by atoms with van der Waals surface area (Å²) in [5.41, 5.74) is 2.20. The molecule has 0 spiro atoms. The number of rotatable bonds is 0. The van der Waals surface area contributed by atoms with E-state index in [0.717, 1.165) is 16.3 Å². The first-order valence-electron chi connectivity index (χ1n) is 13.5. The third-order valence-electron chi connectivity index (χ3n) is 6.45. The number of para-hydroxylation sites is 1. The minimum Gasteiger partial charge on any atom is -0.507 e. The fourth-order valence-corrected chi connectivity index (χ4v) is 4.48. The van der Waals surface area contributed by atoms with E-state index in [1.807, 2.05) is 36.4 Å². The van der Waals surface area contributed by atoms with E-state index in [2.05, 4.69) is 11.9 Å². The number of hydrogen-bond donors (Lipinski definition) is 3. The normalized spacial score (nSPS) is 17.6. The number of phenols is 2. The van der Waals surface area contributed by atoms with E-state index >= 15 is 0 Å². The smallest absolute Gasteiger partial charge is 0.255 e. The van der Waals surface area contributed by atoms with Gasteiger partial charge in [0.25, 0.3) is 5.91 Å². The Morgan fingerprint density at radius 1 is 0.725 bits per heavy atom. The molecule has 0 atom stereocenters. The maximum Gasteiger partial charge on any atom is 0.255 e. The summed E-state index contributed by atoms with van der Waals surface area (Å²) in [5.74, 6) is -0.0748. The predicted octanol–water partition coefficient (Wildman–Crippen LogP) is 3.78. The van der Waals surface area contributed by atoms with Crippen molar-refractivity contribution in [2.75, 3.05) is 66.0 Å². The molecule has 3 N–H and O–H groups in total. The number of aromatic hydroxyl groups is 2. The summed E-state index contributed by atoms with van der Waals surface area (Å²) < 4.78 is 27.8. The summed E-state index contributed by atoms with van der Waals surface area (Å²) in [6.07, 6.45) is 0.680. The van der Waals surface area contributed by atoms with Gasteiger partial charge in [-0.05, 0) is 35.7 Å². The Bertz CT molecular complexity index is 1290. The first-order chi connectivity index (χ1) is 19.5. The van der Waals surface area contributed by atoms with Crippen LogP contribution in [0.2, 0.25) is 0 Å². The Kier molecular flexibility index (Phi) is 11.2. The molecule has 1 heterocycles. The van der Waals surface area contributed by atoms with Gasteiger partial charge in [0.05, 0.1) is 58.4 Å². The molecule has 214 valence electrons. The molecular weight excluding hydrogens is 514 g/mol. The lowest BCUT2D eigenvalue weighted by Gasteiger charge is -2.16. The van der Waals surface area contributed by atoms with Gasteiger partial charge in [-0.1, -0.05) is 48.6 Å². The highest BCUT2D eigenvalue weighted by atomic mass is 16.6. The molecule has 0 aliphatic carbocycles. The summed E-state index contributed by atoms with van der Waals surface area (Å²) in [4.78, 5) is 13.0. The third-order valence-corrected chi connectivity index (χ3v) is 6.45. The van der Waals surface area contributed by atoms with Crippen molar-refractivity contribution in [2.45, 2.75) is 12.8 Å². The molecule has 0 fully saturated rings. The number of carbonyl (C=O) groups is 1. The fourth-order valence-electron chi connectivity index (χ4n) is 4.48. The molecule has 4 bridgehead atoms. The molecule has 1 aliphatic rings. The molecule has 0 radical (unpaired) electrons. The van der Waals surface area contributed by atoms with Gasteiger partial charge in [0, 0.05) is 17.7 Å². The van der Waals surface area contributed by atoms with Crippen LogP contribution in [0.25, 0.3) is 10.8 Å². The van der Waals surface area contributed by atoms with E-state index in [1.165, 1.54) is 0 Å². The molecule has 1 aliphatic heterocycles. The lowest BCUT2D eigenvalue weighted by Crippen LogP contribution is -2.28. The minimum atomic E-state index is -0.389. The summed E-state index contributed by atoms with van der Waals surface area (Å²) in [6, 6.07) is 14.6. The zero-order chi connectivity index (χ0) is 28.2. The molecule has 9 nitrogen and oxygen atoms in total. The molecule has 3 aromatic carbocycles. The average molecular weight is 552 g/mol. The van der Waals surface area contributed by atoms with Crippen LogP contribution in [0.3, 0.4) is 0 Å². The molecule has 4 rings (SSSR count). The lowest BCUT2D eigenvalue weighted by atomic mass is 9.92. The van der Waals surface area contributed by atoms with Crippen LogP contribution in [0.1, 0.15) is 21.5 Å². The number of nitrogens with one attached hydrogen (secondary N) is 1. The monoisotopic (exact) mass is 551 g/mol. The minimum absolute atomic E-state index is 0.0397. The number of phenolic OH excluding ortho intramolecular Hbond substituents is 2. The van der Waals surface area contributed by atoms with Crippen molar-refractivity contribution >= 4 is 16.7 Å². The van der Waals surface area contributed by atoms with Crippen molar-refractivity contribution in [2.24, 2.45) is 0 Å². The molecular formula is C31H37NO8. The molecule has 0 saturated heterocycles. The first-order valence-corrected chi connectivity index (χ1v) is 13.5. The molecule has 40 heavy (non-hydrogen) atoms. The first kappa shape index (κ1) is 29.4. The van der Waals surface area contributed by atoms with Crippen LogP contribution in [0.15, 0.2) is 60.7 Å². The van der Waals surface area contributed by atoms with Crippen LogP contribution in [-0.4, -0.2) is 82.1 Å². The Hall–Kier alpha value is -3.63. The third kappa shape index (κ3) is 8.19. The Labute approximate surface area is 234 Å². The van der Waals surface area contributed by atoms with Gasteiger partial charge in [0.1, 0.15) is 12.4 Å². The standard InChI is InChI=1S/C31H37NO8/c1-22-19-24-6-4-8-28(29(24)33)40-18-17-39-16-15-38-14-13-37-12-11-36-10-9-32-31(35)27-21-23-5-2-3-7-25(23)26(20-22)30(27)34/h2-8,21,33-34H,1,9-20H2,(H,32,35). The second-order valence-electron chi connectivity index (χ2n) is 9.39. The zero-order valence-corrected chi connectivity index (χ0v) is 22.7.